The summed E-state index contributed by atoms with van der Waals surface area (Å²) in [7, 11) is 0. The van der Waals surface area contributed by atoms with E-state index in [1.54, 1.807) is 41.8 Å². The number of ether oxygens (including phenoxy) is 1. The number of aromatic carboxylic acids is 1. The quantitative estimate of drug-likeness (QED) is 0.261. The van der Waals surface area contributed by atoms with Gasteiger partial charge < -0.3 is 20.3 Å². The number of carbonyl (C=O) groups excluding carboxylic acids is 1. The monoisotopic (exact) mass is 529 g/mol. The van der Waals surface area contributed by atoms with E-state index in [1.165, 1.54) is 12.1 Å². The van der Waals surface area contributed by atoms with Crippen LogP contribution in [0, 0.1) is 11.7 Å². The lowest BCUT2D eigenvalue weighted by molar-refractivity contribution is -0.121. The van der Waals surface area contributed by atoms with Crippen molar-refractivity contribution in [3.63, 3.8) is 0 Å². The molecule has 0 aliphatic carbocycles. The number of halogens is 1. The van der Waals surface area contributed by atoms with E-state index in [1.807, 2.05) is 13.8 Å². The molecule has 1 unspecified atom stereocenters. The molecule has 1 aromatic heterocycles. The zero-order valence-corrected chi connectivity index (χ0v) is 22.0. The van der Waals surface area contributed by atoms with Crippen LogP contribution in [-0.4, -0.2) is 43.5 Å². The number of nitrogens with one attached hydrogen (secondary N) is 1. The maximum absolute atomic E-state index is 15.3. The summed E-state index contributed by atoms with van der Waals surface area (Å²) >= 11 is 4.38. The van der Waals surface area contributed by atoms with Gasteiger partial charge in [0, 0.05) is 5.56 Å². The zero-order valence-electron chi connectivity index (χ0n) is 21.1. The van der Waals surface area contributed by atoms with Gasteiger partial charge in [-0.05, 0) is 42.5 Å². The number of hydrogen-bond donors (Lipinski definition) is 4. The maximum atomic E-state index is 15.3. The van der Waals surface area contributed by atoms with Crippen LogP contribution in [0.1, 0.15) is 54.5 Å². The van der Waals surface area contributed by atoms with Crippen LogP contribution < -0.4 is 10.1 Å². The molecular formula is C27H32FN3O5S. The molecule has 0 saturated carbocycles. The topological polar surface area (TPSA) is 114 Å². The number of carboxylic acids is 1. The predicted octanol–water partition coefficient (Wildman–Crippen LogP) is 4.29. The number of aliphatic hydroxyl groups is 1. The number of aromatic nitrogens is 2. The number of carboxylic acid groups (broad SMARTS) is 1. The number of nitrogens with zero attached hydrogens (tertiary/aromatic N) is 2. The van der Waals surface area contributed by atoms with Crippen molar-refractivity contribution in [3.8, 4) is 17.1 Å². The van der Waals surface area contributed by atoms with Gasteiger partial charge >= 0.3 is 5.97 Å². The van der Waals surface area contributed by atoms with E-state index in [2.05, 4.69) is 22.9 Å². The first-order valence-electron chi connectivity index (χ1n) is 12.0. The molecule has 2 aromatic carbocycles. The second kappa shape index (κ2) is 12.7. The minimum atomic E-state index is -1.10. The Morgan fingerprint density at radius 1 is 1.22 bits per heavy atom. The molecule has 0 saturated heterocycles. The molecule has 3 N–H and O–H groups in total. The van der Waals surface area contributed by atoms with Gasteiger partial charge in [-0.25, -0.2) is 9.18 Å². The Balaban J connectivity index is 1.92. The third-order valence-corrected chi connectivity index (χ3v) is 6.27. The van der Waals surface area contributed by atoms with Crippen LogP contribution in [-0.2, 0) is 24.5 Å². The van der Waals surface area contributed by atoms with Crippen LogP contribution in [0.15, 0.2) is 42.5 Å². The molecular weight excluding hydrogens is 497 g/mol. The summed E-state index contributed by atoms with van der Waals surface area (Å²) in [5.74, 6) is -1.59. The van der Waals surface area contributed by atoms with E-state index < -0.39 is 17.0 Å². The smallest absolute Gasteiger partial charge is 0.336 e. The number of aliphatic hydroxyl groups excluding tert-OH is 1. The van der Waals surface area contributed by atoms with E-state index in [-0.39, 0.29) is 37.2 Å². The summed E-state index contributed by atoms with van der Waals surface area (Å²) in [4.78, 5) is 28.5. The Morgan fingerprint density at radius 2 is 1.95 bits per heavy atom. The fraction of sp³-hybridized carbons (Fsp3) is 0.370. The van der Waals surface area contributed by atoms with Gasteiger partial charge in [0.15, 0.2) is 0 Å². The third kappa shape index (κ3) is 6.90. The first-order chi connectivity index (χ1) is 17.7. The van der Waals surface area contributed by atoms with Crippen LogP contribution in [0.4, 0.5) is 4.39 Å². The molecule has 0 bridgehead atoms. The van der Waals surface area contributed by atoms with Crippen LogP contribution in [0.5, 0.6) is 6.01 Å². The van der Waals surface area contributed by atoms with Gasteiger partial charge in [-0.3, -0.25) is 9.36 Å². The van der Waals surface area contributed by atoms with Crippen molar-refractivity contribution >= 4 is 24.5 Å². The SMILES string of the molecule is CCOc1nc(CO)c(CNC(=O)C(S)CC(C)C)n1Cc1ccc(-c2ccccc2C(=O)O)cc1F. The summed E-state index contributed by atoms with van der Waals surface area (Å²) in [5.41, 5.74) is 2.03. The number of carbonyl (C=O) groups is 2. The van der Waals surface area contributed by atoms with Crippen molar-refractivity contribution in [2.75, 3.05) is 6.61 Å². The molecule has 0 aliphatic rings. The van der Waals surface area contributed by atoms with E-state index >= 15 is 4.39 Å². The van der Waals surface area contributed by atoms with Gasteiger partial charge in [0.1, 0.15) is 5.82 Å². The lowest BCUT2D eigenvalue weighted by atomic mass is 9.98. The fourth-order valence-electron chi connectivity index (χ4n) is 4.01. The highest BCUT2D eigenvalue weighted by molar-refractivity contribution is 7.81. The van der Waals surface area contributed by atoms with Gasteiger partial charge in [0.25, 0.3) is 6.01 Å². The molecule has 1 atom stereocenters. The Morgan fingerprint density at radius 3 is 2.57 bits per heavy atom. The van der Waals surface area contributed by atoms with Crippen molar-refractivity contribution in [1.29, 1.82) is 0 Å². The van der Waals surface area contributed by atoms with E-state index in [0.717, 1.165) is 0 Å². The van der Waals surface area contributed by atoms with Crippen molar-refractivity contribution < 1.29 is 28.9 Å². The zero-order chi connectivity index (χ0) is 27.1. The Labute approximate surface area is 220 Å². The molecule has 3 aromatic rings. The van der Waals surface area contributed by atoms with Crippen LogP contribution in [0.25, 0.3) is 11.1 Å². The minimum Gasteiger partial charge on any atom is -0.478 e. The number of imidazole rings is 1. The normalized spacial score (nSPS) is 12.0. The molecule has 0 fully saturated rings. The van der Waals surface area contributed by atoms with Crippen molar-refractivity contribution in [3.05, 3.63) is 70.8 Å². The molecule has 37 heavy (non-hydrogen) atoms. The Kier molecular flexibility index (Phi) is 9.71. The highest BCUT2D eigenvalue weighted by atomic mass is 32.1. The number of rotatable bonds is 12. The molecule has 8 nitrogen and oxygen atoms in total. The van der Waals surface area contributed by atoms with E-state index in [0.29, 0.717) is 47.0 Å². The third-order valence-electron chi connectivity index (χ3n) is 5.82. The summed E-state index contributed by atoms with van der Waals surface area (Å²) in [6.07, 6.45) is 0.605. The van der Waals surface area contributed by atoms with Crippen LogP contribution in [0.3, 0.4) is 0 Å². The summed E-state index contributed by atoms with van der Waals surface area (Å²) in [6.45, 7) is 5.78. The van der Waals surface area contributed by atoms with Gasteiger partial charge in [-0.1, -0.05) is 44.2 Å². The van der Waals surface area contributed by atoms with Crippen molar-refractivity contribution in [2.24, 2.45) is 5.92 Å². The lowest BCUT2D eigenvalue weighted by Gasteiger charge is -2.16. The van der Waals surface area contributed by atoms with Crippen molar-refractivity contribution in [2.45, 2.75) is 52.1 Å². The molecule has 0 spiro atoms. The van der Waals surface area contributed by atoms with Gasteiger partial charge in [0.05, 0.1) is 48.5 Å². The highest BCUT2D eigenvalue weighted by Gasteiger charge is 2.22. The number of thiol groups is 1. The molecule has 0 radical (unpaired) electrons. The molecule has 0 aliphatic heterocycles. The highest BCUT2D eigenvalue weighted by Crippen LogP contribution is 2.28. The molecule has 3 rings (SSSR count). The summed E-state index contributed by atoms with van der Waals surface area (Å²) < 4.78 is 22.5. The maximum Gasteiger partial charge on any atom is 0.336 e. The van der Waals surface area contributed by atoms with Crippen molar-refractivity contribution in [1.82, 2.24) is 14.9 Å². The minimum absolute atomic E-state index is 0.0243. The second-order valence-electron chi connectivity index (χ2n) is 8.99. The second-order valence-corrected chi connectivity index (χ2v) is 9.61. The number of hydrogen-bond acceptors (Lipinski definition) is 6. The molecule has 1 heterocycles. The average Bonchev–Trinajstić information content (AvgIpc) is 3.19. The lowest BCUT2D eigenvalue weighted by Crippen LogP contribution is -2.33. The van der Waals surface area contributed by atoms with E-state index in [9.17, 15) is 19.8 Å². The largest absolute Gasteiger partial charge is 0.478 e. The molecule has 1 amide bonds. The fourth-order valence-corrected chi connectivity index (χ4v) is 4.53. The first kappa shape index (κ1) is 28.2. The van der Waals surface area contributed by atoms with E-state index in [4.69, 9.17) is 4.74 Å². The van der Waals surface area contributed by atoms with Gasteiger partial charge in [-0.15, -0.1) is 0 Å². The summed E-state index contributed by atoms with van der Waals surface area (Å²) in [5, 5.41) is 21.7. The molecule has 198 valence electrons. The standard InChI is InChI=1S/C27H32FN3O5S/c1-4-36-27-30-22(15-32)23(13-29-25(33)24(37)11-16(2)3)31(27)14-18-10-9-17(12-21(18)28)19-7-5-6-8-20(19)26(34)35/h5-10,12,16,24,32,37H,4,11,13-15H2,1-3H3,(H,29,33)(H,34,35). The first-order valence-corrected chi connectivity index (χ1v) is 12.6. The average molecular weight is 530 g/mol. The Bertz CT molecular complexity index is 1260. The van der Waals surface area contributed by atoms with Crippen LogP contribution >= 0.6 is 12.6 Å². The van der Waals surface area contributed by atoms with Gasteiger partial charge in [0.2, 0.25) is 5.91 Å². The molecule has 10 heteroatoms. The predicted molar refractivity (Wildman–Crippen MR) is 141 cm³/mol. The van der Waals surface area contributed by atoms with Crippen LogP contribution in [0.2, 0.25) is 0 Å². The number of amides is 1. The number of benzene rings is 2. The summed E-state index contributed by atoms with van der Waals surface area (Å²) in [6, 6.07) is 11.1. The van der Waals surface area contributed by atoms with Gasteiger partial charge in [-0.2, -0.15) is 17.6 Å². The Hall–Kier alpha value is -3.37.